The minimum absolute atomic E-state index is 0.429. The van der Waals surface area contributed by atoms with Gasteiger partial charge in [0.15, 0.2) is 0 Å². The van der Waals surface area contributed by atoms with Gasteiger partial charge in [0.2, 0.25) is 0 Å². The molecule has 0 rings (SSSR count). The zero-order valence-corrected chi connectivity index (χ0v) is 6.30. The largest absolute Gasteiger partial charge is 0.455 e. The maximum atomic E-state index is 10.2. The maximum Gasteiger partial charge on any atom is 0.384 e. The first-order valence-corrected chi connectivity index (χ1v) is 4.15. The number of rotatable bonds is 3. The van der Waals surface area contributed by atoms with E-state index in [4.69, 9.17) is 4.55 Å². The van der Waals surface area contributed by atoms with Gasteiger partial charge in [-0.1, -0.05) is 0 Å². The molecule has 62 valence electrons. The van der Waals surface area contributed by atoms with Crippen molar-refractivity contribution in [2.75, 3.05) is 12.4 Å². The predicted molar refractivity (Wildman–Crippen MR) is 36.2 cm³/mol. The van der Waals surface area contributed by atoms with Crippen molar-refractivity contribution < 1.29 is 22.5 Å². The van der Waals surface area contributed by atoms with Crippen LogP contribution in [0.2, 0.25) is 0 Å². The number of ether oxygens (including phenoxy) is 1. The highest BCUT2D eigenvalue weighted by molar-refractivity contribution is 7.85. The molecular formula is C5H6O5S. The fourth-order valence-corrected chi connectivity index (χ4v) is 0.575. The summed E-state index contributed by atoms with van der Waals surface area (Å²) >= 11 is 0. The molecule has 0 amide bonds. The normalized spacial score (nSPS) is 10.2. The van der Waals surface area contributed by atoms with Gasteiger partial charge in [0, 0.05) is 5.92 Å². The summed E-state index contributed by atoms with van der Waals surface area (Å²) in [5.41, 5.74) is 0. The second kappa shape index (κ2) is 3.95. The molecule has 0 aliphatic rings. The zero-order chi connectivity index (χ0) is 8.91. The van der Waals surface area contributed by atoms with Gasteiger partial charge in [-0.2, -0.15) is 8.42 Å². The minimum Gasteiger partial charge on any atom is -0.455 e. The van der Waals surface area contributed by atoms with Crippen molar-refractivity contribution >= 4 is 16.1 Å². The van der Waals surface area contributed by atoms with E-state index in [1.165, 1.54) is 0 Å². The average Bonchev–Trinajstić information content (AvgIpc) is 1.85. The van der Waals surface area contributed by atoms with Crippen LogP contribution < -0.4 is 0 Å². The van der Waals surface area contributed by atoms with Crippen LogP contribution in [0, 0.1) is 12.3 Å². The summed E-state index contributed by atoms with van der Waals surface area (Å²) < 4.78 is 32.3. The molecule has 0 atom stereocenters. The van der Waals surface area contributed by atoms with Gasteiger partial charge in [-0.15, -0.1) is 6.42 Å². The van der Waals surface area contributed by atoms with E-state index < -0.39 is 28.4 Å². The summed E-state index contributed by atoms with van der Waals surface area (Å²) in [5.74, 6) is 0.0248. The van der Waals surface area contributed by atoms with Crippen molar-refractivity contribution in [3.05, 3.63) is 0 Å². The standard InChI is InChI=1S/C5H6O5S/c1-2-5(6)10-3-4-11(7,8)9/h1H,3-4H2,(H,7,8,9). The lowest BCUT2D eigenvalue weighted by atomic mass is 10.7. The zero-order valence-electron chi connectivity index (χ0n) is 5.48. The highest BCUT2D eigenvalue weighted by Gasteiger charge is 2.05. The molecule has 0 spiro atoms. The lowest BCUT2D eigenvalue weighted by Gasteiger charge is -1.96. The molecule has 11 heavy (non-hydrogen) atoms. The summed E-state index contributed by atoms with van der Waals surface area (Å²) in [6.45, 7) is -0.429. The van der Waals surface area contributed by atoms with Crippen LogP contribution in [0.25, 0.3) is 0 Å². The molecule has 0 saturated carbocycles. The Morgan fingerprint density at radius 1 is 1.64 bits per heavy atom. The number of esters is 1. The van der Waals surface area contributed by atoms with Crippen molar-refractivity contribution in [3.8, 4) is 12.3 Å². The van der Waals surface area contributed by atoms with Crippen molar-refractivity contribution in [2.24, 2.45) is 0 Å². The van der Waals surface area contributed by atoms with E-state index in [1.807, 2.05) is 0 Å². The number of carbonyl (C=O) groups is 1. The molecule has 0 aliphatic carbocycles. The summed E-state index contributed by atoms with van der Waals surface area (Å²) in [6, 6.07) is 0. The van der Waals surface area contributed by atoms with Gasteiger partial charge in [-0.05, 0) is 0 Å². The van der Waals surface area contributed by atoms with E-state index in [2.05, 4.69) is 11.2 Å². The Labute approximate surface area is 64.1 Å². The predicted octanol–water partition coefficient (Wildman–Crippen LogP) is -0.949. The van der Waals surface area contributed by atoms with E-state index in [9.17, 15) is 13.2 Å². The monoisotopic (exact) mass is 178 g/mol. The first-order chi connectivity index (χ1) is 4.95. The molecule has 0 aromatic carbocycles. The van der Waals surface area contributed by atoms with Gasteiger partial charge in [0.25, 0.3) is 10.1 Å². The molecule has 0 bridgehead atoms. The van der Waals surface area contributed by atoms with E-state index in [0.29, 0.717) is 0 Å². The SMILES string of the molecule is C#CC(=O)OCCS(=O)(=O)O. The fraction of sp³-hybridized carbons (Fsp3) is 0.400. The molecule has 0 fully saturated rings. The highest BCUT2D eigenvalue weighted by Crippen LogP contribution is 1.83. The highest BCUT2D eigenvalue weighted by atomic mass is 32.2. The number of hydrogen-bond acceptors (Lipinski definition) is 4. The molecule has 0 unspecified atom stereocenters. The first kappa shape index (κ1) is 9.94. The summed E-state index contributed by atoms with van der Waals surface area (Å²) in [5, 5.41) is 0. The molecular weight excluding hydrogens is 172 g/mol. The van der Waals surface area contributed by atoms with Crippen molar-refractivity contribution in [1.82, 2.24) is 0 Å². The lowest BCUT2D eigenvalue weighted by molar-refractivity contribution is -0.136. The minimum atomic E-state index is -4.07. The molecule has 5 nitrogen and oxygen atoms in total. The number of hydrogen-bond donors (Lipinski definition) is 1. The Morgan fingerprint density at radius 2 is 2.18 bits per heavy atom. The van der Waals surface area contributed by atoms with Crippen molar-refractivity contribution in [3.63, 3.8) is 0 Å². The Kier molecular flexibility index (Phi) is 3.57. The second-order valence-corrected chi connectivity index (χ2v) is 3.14. The molecule has 0 aliphatic heterocycles. The van der Waals surface area contributed by atoms with Gasteiger partial charge < -0.3 is 4.74 Å². The first-order valence-electron chi connectivity index (χ1n) is 2.54. The summed E-state index contributed by atoms with van der Waals surface area (Å²) in [6.07, 6.45) is 4.59. The van der Waals surface area contributed by atoms with Gasteiger partial charge in [0.1, 0.15) is 12.4 Å². The lowest BCUT2D eigenvalue weighted by Crippen LogP contribution is -2.13. The van der Waals surface area contributed by atoms with Crippen LogP contribution in [0.3, 0.4) is 0 Å². The molecule has 0 radical (unpaired) electrons. The van der Waals surface area contributed by atoms with E-state index in [-0.39, 0.29) is 0 Å². The van der Waals surface area contributed by atoms with Crippen LogP contribution in [0.1, 0.15) is 0 Å². The van der Waals surface area contributed by atoms with Gasteiger partial charge in [-0.3, -0.25) is 4.55 Å². The quantitative estimate of drug-likeness (QED) is 0.261. The van der Waals surface area contributed by atoms with E-state index in [1.54, 1.807) is 5.92 Å². The Morgan fingerprint density at radius 3 is 2.55 bits per heavy atom. The number of terminal acetylenes is 1. The Bertz CT molecular complexity index is 270. The topological polar surface area (TPSA) is 80.7 Å². The van der Waals surface area contributed by atoms with Crippen molar-refractivity contribution in [2.45, 2.75) is 0 Å². The van der Waals surface area contributed by atoms with Crippen LogP contribution in [0.5, 0.6) is 0 Å². The maximum absolute atomic E-state index is 10.2. The molecule has 0 heterocycles. The van der Waals surface area contributed by atoms with Crippen LogP contribution in [0.15, 0.2) is 0 Å². The Balaban J connectivity index is 3.62. The molecule has 1 N–H and O–H groups in total. The van der Waals surface area contributed by atoms with E-state index in [0.717, 1.165) is 0 Å². The van der Waals surface area contributed by atoms with E-state index >= 15 is 0 Å². The van der Waals surface area contributed by atoms with Crippen molar-refractivity contribution in [1.29, 1.82) is 0 Å². The van der Waals surface area contributed by atoms with Gasteiger partial charge >= 0.3 is 5.97 Å². The smallest absolute Gasteiger partial charge is 0.384 e. The average molecular weight is 178 g/mol. The molecule has 0 aromatic rings. The van der Waals surface area contributed by atoms with Gasteiger partial charge in [0.05, 0.1) is 0 Å². The number of carbonyl (C=O) groups excluding carboxylic acids is 1. The van der Waals surface area contributed by atoms with Crippen LogP contribution in [-0.4, -0.2) is 31.3 Å². The molecule has 0 saturated heterocycles. The molecule has 0 aromatic heterocycles. The van der Waals surface area contributed by atoms with Gasteiger partial charge in [-0.25, -0.2) is 4.79 Å². The third-order valence-electron chi connectivity index (χ3n) is 0.692. The van der Waals surface area contributed by atoms with Crippen LogP contribution in [-0.2, 0) is 19.6 Å². The third-order valence-corrected chi connectivity index (χ3v) is 1.37. The summed E-state index contributed by atoms with van der Waals surface area (Å²) in [7, 11) is -4.07. The van der Waals surface area contributed by atoms with Crippen LogP contribution >= 0.6 is 0 Å². The molecule has 6 heteroatoms. The summed E-state index contributed by atoms with van der Waals surface area (Å²) in [4.78, 5) is 10.2. The second-order valence-electron chi connectivity index (χ2n) is 1.57. The fourth-order valence-electron chi connectivity index (χ4n) is 0.281. The third kappa shape index (κ3) is 6.83. The van der Waals surface area contributed by atoms with Crippen LogP contribution in [0.4, 0.5) is 0 Å². The Hall–Kier alpha value is -1.06.